The molecule has 2 heterocycles. The number of nitrogens with one attached hydrogen (secondary N) is 1. The standard InChI is InChI=1S/C20H12BrClF2N2O4S/c21-10-1-5-15(13(22)7-10)28-9-12-3-6-16(29-12)18(27)26-20-25-14-4-2-11(30-19(23)24)8-17(14)31-20/h1-8,19H,9H2,(H,25,26,27). The first kappa shape index (κ1) is 21.5. The highest BCUT2D eigenvalue weighted by Crippen LogP contribution is 2.31. The number of rotatable bonds is 7. The number of hydrogen-bond donors (Lipinski definition) is 1. The second-order valence-corrected chi connectivity index (χ2v) is 8.46. The van der Waals surface area contributed by atoms with Crippen LogP contribution in [0.4, 0.5) is 13.9 Å². The Morgan fingerprint density at radius 2 is 2.06 bits per heavy atom. The van der Waals surface area contributed by atoms with E-state index in [1.807, 2.05) is 0 Å². The minimum absolute atomic E-state index is 0.0191. The monoisotopic (exact) mass is 528 g/mol. The summed E-state index contributed by atoms with van der Waals surface area (Å²) >= 11 is 10.6. The number of alkyl halides is 2. The van der Waals surface area contributed by atoms with Crippen LogP contribution in [0.1, 0.15) is 16.3 Å². The summed E-state index contributed by atoms with van der Waals surface area (Å²) in [7, 11) is 0. The summed E-state index contributed by atoms with van der Waals surface area (Å²) in [6.07, 6.45) is 0. The van der Waals surface area contributed by atoms with Gasteiger partial charge in [0.1, 0.15) is 23.9 Å². The maximum atomic E-state index is 12.5. The van der Waals surface area contributed by atoms with Crippen LogP contribution in [0.15, 0.2) is 57.4 Å². The minimum atomic E-state index is -2.92. The van der Waals surface area contributed by atoms with Gasteiger partial charge in [-0.1, -0.05) is 38.9 Å². The van der Waals surface area contributed by atoms with E-state index in [1.54, 1.807) is 24.3 Å². The van der Waals surface area contributed by atoms with E-state index in [4.69, 9.17) is 20.8 Å². The van der Waals surface area contributed by atoms with Crippen LogP contribution >= 0.6 is 38.9 Å². The molecule has 4 aromatic rings. The van der Waals surface area contributed by atoms with Gasteiger partial charge in [0.15, 0.2) is 10.9 Å². The summed E-state index contributed by atoms with van der Waals surface area (Å²) in [4.78, 5) is 16.7. The average Bonchev–Trinajstić information content (AvgIpc) is 3.33. The van der Waals surface area contributed by atoms with Crippen LogP contribution in [0.5, 0.6) is 11.5 Å². The summed E-state index contributed by atoms with van der Waals surface area (Å²) in [5.74, 6) is 0.502. The molecule has 0 spiro atoms. The zero-order valence-corrected chi connectivity index (χ0v) is 18.6. The molecule has 6 nitrogen and oxygen atoms in total. The molecule has 0 bridgehead atoms. The third-order valence-corrected chi connectivity index (χ3v) is 5.68. The number of fused-ring (bicyclic) bond motifs is 1. The number of thiazole rings is 1. The number of anilines is 1. The number of hydrogen-bond acceptors (Lipinski definition) is 6. The molecule has 1 amide bonds. The molecule has 0 fully saturated rings. The highest BCUT2D eigenvalue weighted by atomic mass is 79.9. The summed E-state index contributed by atoms with van der Waals surface area (Å²) in [6, 6.07) is 12.7. The Hall–Kier alpha value is -2.69. The number of nitrogens with zero attached hydrogens (tertiary/aromatic N) is 1. The lowest BCUT2D eigenvalue weighted by Crippen LogP contribution is -2.10. The van der Waals surface area contributed by atoms with E-state index >= 15 is 0 Å². The maximum Gasteiger partial charge on any atom is 0.387 e. The first-order chi connectivity index (χ1) is 14.9. The van der Waals surface area contributed by atoms with Crippen LogP contribution in [0.25, 0.3) is 10.2 Å². The van der Waals surface area contributed by atoms with E-state index in [9.17, 15) is 13.6 Å². The van der Waals surface area contributed by atoms with E-state index in [-0.39, 0.29) is 18.1 Å². The van der Waals surface area contributed by atoms with Gasteiger partial charge < -0.3 is 13.9 Å². The largest absolute Gasteiger partial charge is 0.484 e. The molecule has 0 saturated heterocycles. The highest BCUT2D eigenvalue weighted by Gasteiger charge is 2.15. The summed E-state index contributed by atoms with van der Waals surface area (Å²) < 4.78 is 41.6. The van der Waals surface area contributed by atoms with Crippen molar-refractivity contribution >= 4 is 60.1 Å². The van der Waals surface area contributed by atoms with Gasteiger partial charge in [0.25, 0.3) is 5.91 Å². The zero-order valence-electron chi connectivity index (χ0n) is 15.4. The lowest BCUT2D eigenvalue weighted by molar-refractivity contribution is -0.0497. The van der Waals surface area contributed by atoms with E-state index < -0.39 is 12.5 Å². The molecule has 0 radical (unpaired) electrons. The van der Waals surface area contributed by atoms with Crippen LogP contribution in [-0.4, -0.2) is 17.5 Å². The number of benzene rings is 2. The molecule has 31 heavy (non-hydrogen) atoms. The SMILES string of the molecule is O=C(Nc1nc2ccc(OC(F)F)cc2s1)c1ccc(COc2ccc(Br)cc2Cl)o1. The molecule has 0 aliphatic carbocycles. The van der Waals surface area contributed by atoms with Gasteiger partial charge in [-0.05, 0) is 48.5 Å². The van der Waals surface area contributed by atoms with Gasteiger partial charge in [-0.3, -0.25) is 10.1 Å². The first-order valence-electron chi connectivity index (χ1n) is 8.71. The predicted octanol–water partition coefficient (Wildman–Crippen LogP) is 6.74. The number of aromatic nitrogens is 1. The van der Waals surface area contributed by atoms with Crippen molar-refractivity contribution in [1.29, 1.82) is 0 Å². The molecule has 4 rings (SSSR count). The third kappa shape index (κ3) is 5.33. The number of ether oxygens (including phenoxy) is 2. The van der Waals surface area contributed by atoms with Crippen LogP contribution in [0.2, 0.25) is 5.02 Å². The average molecular weight is 530 g/mol. The number of halogens is 4. The molecule has 0 saturated carbocycles. The Kier molecular flexibility index (Phi) is 6.40. The molecule has 2 aromatic heterocycles. The third-order valence-electron chi connectivity index (χ3n) is 3.95. The number of amides is 1. The van der Waals surface area contributed by atoms with Gasteiger partial charge in [-0.15, -0.1) is 0 Å². The Labute approximate surface area is 191 Å². The van der Waals surface area contributed by atoms with Crippen molar-refractivity contribution in [3.05, 3.63) is 69.5 Å². The smallest absolute Gasteiger partial charge is 0.387 e. The van der Waals surface area contributed by atoms with Crippen LogP contribution in [0, 0.1) is 0 Å². The zero-order chi connectivity index (χ0) is 22.0. The van der Waals surface area contributed by atoms with Crippen molar-refractivity contribution in [2.75, 3.05) is 5.32 Å². The van der Waals surface area contributed by atoms with Gasteiger partial charge in [-0.2, -0.15) is 8.78 Å². The quantitative estimate of drug-likeness (QED) is 0.287. The van der Waals surface area contributed by atoms with Gasteiger partial charge in [0, 0.05) is 4.47 Å². The predicted molar refractivity (Wildman–Crippen MR) is 116 cm³/mol. The highest BCUT2D eigenvalue weighted by molar-refractivity contribution is 9.10. The number of furan rings is 1. The molecule has 0 atom stereocenters. The molecule has 0 aliphatic heterocycles. The second-order valence-electron chi connectivity index (χ2n) is 6.11. The van der Waals surface area contributed by atoms with Crippen molar-refractivity contribution in [3.63, 3.8) is 0 Å². The Bertz CT molecular complexity index is 1250. The van der Waals surface area contributed by atoms with Crippen molar-refractivity contribution < 1.29 is 27.5 Å². The Balaban J connectivity index is 1.40. The minimum Gasteiger partial charge on any atom is -0.484 e. The Morgan fingerprint density at radius 3 is 2.84 bits per heavy atom. The van der Waals surface area contributed by atoms with Crippen LogP contribution < -0.4 is 14.8 Å². The van der Waals surface area contributed by atoms with E-state index in [2.05, 4.69) is 31.0 Å². The molecule has 1 N–H and O–H groups in total. The van der Waals surface area contributed by atoms with Crippen LogP contribution in [0.3, 0.4) is 0 Å². The van der Waals surface area contributed by atoms with Gasteiger partial charge in [0.05, 0.1) is 15.2 Å². The summed E-state index contributed by atoms with van der Waals surface area (Å²) in [5, 5.41) is 3.37. The van der Waals surface area contributed by atoms with Gasteiger partial charge in [-0.25, -0.2) is 4.98 Å². The molecule has 0 aliphatic rings. The van der Waals surface area contributed by atoms with Crippen molar-refractivity contribution in [2.24, 2.45) is 0 Å². The fourth-order valence-corrected chi connectivity index (χ4v) is 4.23. The molecule has 160 valence electrons. The fourth-order valence-electron chi connectivity index (χ4n) is 2.61. The van der Waals surface area contributed by atoms with Crippen molar-refractivity contribution in [3.8, 4) is 11.5 Å². The normalized spacial score (nSPS) is 11.1. The van der Waals surface area contributed by atoms with Gasteiger partial charge >= 0.3 is 6.61 Å². The topological polar surface area (TPSA) is 73.6 Å². The molecule has 11 heteroatoms. The molecular weight excluding hydrogens is 518 g/mol. The summed E-state index contributed by atoms with van der Waals surface area (Å²) in [5.41, 5.74) is 0.543. The number of carbonyl (C=O) groups excluding carboxylic acids is 1. The van der Waals surface area contributed by atoms with E-state index in [0.717, 1.165) is 15.8 Å². The van der Waals surface area contributed by atoms with Gasteiger partial charge in [0.2, 0.25) is 0 Å². The molecular formula is C20H12BrClF2N2O4S. The summed E-state index contributed by atoms with van der Waals surface area (Å²) in [6.45, 7) is -2.83. The lowest BCUT2D eigenvalue weighted by atomic mass is 10.3. The molecule has 0 unspecified atom stereocenters. The van der Waals surface area contributed by atoms with Crippen molar-refractivity contribution in [1.82, 2.24) is 4.98 Å². The maximum absolute atomic E-state index is 12.5. The first-order valence-corrected chi connectivity index (χ1v) is 10.7. The Morgan fingerprint density at radius 1 is 1.23 bits per heavy atom. The number of carbonyl (C=O) groups is 1. The van der Waals surface area contributed by atoms with E-state index in [0.29, 0.717) is 31.9 Å². The fraction of sp³-hybridized carbons (Fsp3) is 0.100. The van der Waals surface area contributed by atoms with Crippen molar-refractivity contribution in [2.45, 2.75) is 13.2 Å². The lowest BCUT2D eigenvalue weighted by Gasteiger charge is -2.06. The van der Waals surface area contributed by atoms with Crippen LogP contribution in [-0.2, 0) is 6.61 Å². The van der Waals surface area contributed by atoms with E-state index in [1.165, 1.54) is 24.3 Å². The molecule has 2 aromatic carbocycles. The second kappa shape index (κ2) is 9.21.